The molecule has 5 heterocycles. The van der Waals surface area contributed by atoms with Gasteiger partial charge in [-0.25, -0.2) is 14.6 Å². The molecule has 7 heteroatoms. The van der Waals surface area contributed by atoms with E-state index in [9.17, 15) is 4.79 Å². The van der Waals surface area contributed by atoms with Gasteiger partial charge in [-0.15, -0.1) is 0 Å². The summed E-state index contributed by atoms with van der Waals surface area (Å²) >= 11 is 0. The van der Waals surface area contributed by atoms with Crippen LogP contribution < -0.4 is 0 Å². The number of carbonyl (C=O) groups excluding carboxylic acids is 1. The summed E-state index contributed by atoms with van der Waals surface area (Å²) in [5.74, 6) is 0.00703. The maximum atomic E-state index is 13.0. The SMILES string of the molecule is CC(C)n1ncc2cc(C(=O)N3CC=C(c4c[nH]c5ncccc45)CC3)cnc21. The molecule has 0 aromatic carbocycles. The Labute approximate surface area is 168 Å². The number of amides is 1. The van der Waals surface area contributed by atoms with Gasteiger partial charge in [-0.05, 0) is 44.0 Å². The normalized spacial score (nSPS) is 14.7. The number of hydrogen-bond donors (Lipinski definition) is 1. The Morgan fingerprint density at radius 1 is 1.24 bits per heavy atom. The number of H-pyrrole nitrogens is 1. The van der Waals surface area contributed by atoms with E-state index in [0.29, 0.717) is 18.7 Å². The Morgan fingerprint density at radius 3 is 2.93 bits per heavy atom. The van der Waals surface area contributed by atoms with Crippen LogP contribution in [0.25, 0.3) is 27.6 Å². The number of pyridine rings is 2. The molecule has 4 aromatic rings. The summed E-state index contributed by atoms with van der Waals surface area (Å²) in [6.45, 7) is 5.40. The fourth-order valence-electron chi connectivity index (χ4n) is 3.94. The van der Waals surface area contributed by atoms with Crippen LogP contribution in [0.5, 0.6) is 0 Å². The summed E-state index contributed by atoms with van der Waals surface area (Å²) in [5.41, 5.74) is 4.73. The van der Waals surface area contributed by atoms with Crippen molar-refractivity contribution in [3.05, 3.63) is 60.2 Å². The van der Waals surface area contributed by atoms with Gasteiger partial charge in [0.25, 0.3) is 5.91 Å². The topological polar surface area (TPSA) is 79.7 Å². The van der Waals surface area contributed by atoms with E-state index in [1.165, 1.54) is 11.1 Å². The Hall–Kier alpha value is -3.48. The van der Waals surface area contributed by atoms with Crippen LogP contribution in [0.1, 0.15) is 42.2 Å². The summed E-state index contributed by atoms with van der Waals surface area (Å²) in [6, 6.07) is 6.14. The molecule has 0 aliphatic carbocycles. The van der Waals surface area contributed by atoms with Gasteiger partial charge >= 0.3 is 0 Å². The lowest BCUT2D eigenvalue weighted by molar-refractivity contribution is 0.0772. The number of rotatable bonds is 3. The Bertz CT molecular complexity index is 1250. The highest BCUT2D eigenvalue weighted by Gasteiger charge is 2.21. The molecule has 5 rings (SSSR count). The Morgan fingerprint density at radius 2 is 2.14 bits per heavy atom. The van der Waals surface area contributed by atoms with Crippen molar-refractivity contribution < 1.29 is 4.79 Å². The maximum Gasteiger partial charge on any atom is 0.255 e. The van der Waals surface area contributed by atoms with Gasteiger partial charge in [-0.3, -0.25) is 4.79 Å². The van der Waals surface area contributed by atoms with E-state index in [1.54, 1.807) is 18.6 Å². The lowest BCUT2D eigenvalue weighted by Gasteiger charge is -2.26. The van der Waals surface area contributed by atoms with Gasteiger partial charge in [-0.2, -0.15) is 5.10 Å². The van der Waals surface area contributed by atoms with Gasteiger partial charge in [0.05, 0.1) is 11.8 Å². The zero-order chi connectivity index (χ0) is 20.0. The van der Waals surface area contributed by atoms with Crippen LogP contribution in [-0.4, -0.2) is 48.6 Å². The summed E-state index contributed by atoms with van der Waals surface area (Å²) < 4.78 is 1.87. The van der Waals surface area contributed by atoms with Crippen molar-refractivity contribution in [3.8, 4) is 0 Å². The number of nitrogens with zero attached hydrogens (tertiary/aromatic N) is 5. The van der Waals surface area contributed by atoms with Crippen LogP contribution in [-0.2, 0) is 0 Å². The molecule has 0 radical (unpaired) electrons. The van der Waals surface area contributed by atoms with Crippen LogP contribution >= 0.6 is 0 Å². The second kappa shape index (κ2) is 6.84. The number of hydrogen-bond acceptors (Lipinski definition) is 4. The molecule has 1 aliphatic heterocycles. The molecule has 0 bridgehead atoms. The largest absolute Gasteiger partial charge is 0.346 e. The molecule has 4 aromatic heterocycles. The first-order chi connectivity index (χ1) is 14.1. The summed E-state index contributed by atoms with van der Waals surface area (Å²) in [4.78, 5) is 26.9. The number of aromatic nitrogens is 5. The van der Waals surface area contributed by atoms with Gasteiger partial charge in [0.15, 0.2) is 5.65 Å². The van der Waals surface area contributed by atoms with Crippen molar-refractivity contribution in [1.29, 1.82) is 0 Å². The Kier molecular flexibility index (Phi) is 4.16. The first-order valence-electron chi connectivity index (χ1n) is 9.86. The first kappa shape index (κ1) is 17.6. The fraction of sp³-hybridized carbons (Fsp3) is 0.273. The van der Waals surface area contributed by atoms with Crippen LogP contribution in [0.2, 0.25) is 0 Å². The molecule has 0 atom stereocenters. The van der Waals surface area contributed by atoms with Crippen LogP contribution in [0, 0.1) is 0 Å². The molecular weight excluding hydrogens is 364 g/mol. The van der Waals surface area contributed by atoms with Crippen LogP contribution in [0.15, 0.2) is 49.1 Å². The standard InChI is InChI=1S/C22H22N6O/c1-14(2)28-21-16(12-26-28)10-17(11-25-21)22(29)27-8-5-15(6-9-27)19-13-24-20-18(19)4-3-7-23-20/h3-5,7,10-14H,6,8-9H2,1-2H3,(H,23,24). The predicted octanol–water partition coefficient (Wildman–Crippen LogP) is 3.82. The van der Waals surface area contributed by atoms with Gasteiger partial charge in [0.2, 0.25) is 0 Å². The van der Waals surface area contributed by atoms with Gasteiger partial charge in [0.1, 0.15) is 5.65 Å². The maximum absolute atomic E-state index is 13.0. The van der Waals surface area contributed by atoms with Crippen molar-refractivity contribution in [2.75, 3.05) is 13.1 Å². The Balaban J connectivity index is 1.37. The van der Waals surface area contributed by atoms with Crippen LogP contribution in [0.4, 0.5) is 0 Å². The fourth-order valence-corrected chi connectivity index (χ4v) is 3.94. The van der Waals surface area contributed by atoms with E-state index < -0.39 is 0 Å². The van der Waals surface area contributed by atoms with Crippen molar-refractivity contribution in [1.82, 2.24) is 29.6 Å². The molecular formula is C22H22N6O. The highest BCUT2D eigenvalue weighted by molar-refractivity contribution is 5.98. The molecule has 1 N–H and O–H groups in total. The van der Waals surface area contributed by atoms with E-state index in [0.717, 1.165) is 28.5 Å². The summed E-state index contributed by atoms with van der Waals surface area (Å²) in [6.07, 6.45) is 10.2. The molecule has 29 heavy (non-hydrogen) atoms. The number of aromatic amines is 1. The smallest absolute Gasteiger partial charge is 0.255 e. The second-order valence-electron chi connectivity index (χ2n) is 7.65. The average Bonchev–Trinajstić information content (AvgIpc) is 3.37. The highest BCUT2D eigenvalue weighted by Crippen LogP contribution is 2.29. The van der Waals surface area contributed by atoms with Gasteiger partial charge in [-0.1, -0.05) is 6.08 Å². The lowest BCUT2D eigenvalue weighted by Crippen LogP contribution is -2.34. The van der Waals surface area contributed by atoms with Crippen molar-refractivity contribution >= 4 is 33.5 Å². The predicted molar refractivity (Wildman–Crippen MR) is 113 cm³/mol. The summed E-state index contributed by atoms with van der Waals surface area (Å²) in [7, 11) is 0. The molecule has 0 spiro atoms. The van der Waals surface area contributed by atoms with E-state index in [1.807, 2.05) is 27.9 Å². The third kappa shape index (κ3) is 2.99. The van der Waals surface area contributed by atoms with E-state index in [-0.39, 0.29) is 11.9 Å². The molecule has 0 unspecified atom stereocenters. The molecule has 1 amide bonds. The average molecular weight is 386 g/mol. The van der Waals surface area contributed by atoms with Crippen molar-refractivity contribution in [3.63, 3.8) is 0 Å². The molecule has 146 valence electrons. The van der Waals surface area contributed by atoms with E-state index >= 15 is 0 Å². The number of nitrogens with one attached hydrogen (secondary N) is 1. The van der Waals surface area contributed by atoms with E-state index in [2.05, 4.69) is 46.0 Å². The molecule has 0 fully saturated rings. The van der Waals surface area contributed by atoms with Crippen molar-refractivity contribution in [2.45, 2.75) is 26.3 Å². The number of carbonyl (C=O) groups is 1. The zero-order valence-electron chi connectivity index (χ0n) is 16.5. The quantitative estimate of drug-likeness (QED) is 0.580. The van der Waals surface area contributed by atoms with Gasteiger partial charge in [0, 0.05) is 54.1 Å². The minimum atomic E-state index is 0.00703. The monoisotopic (exact) mass is 386 g/mol. The van der Waals surface area contributed by atoms with Crippen molar-refractivity contribution in [2.24, 2.45) is 0 Å². The summed E-state index contributed by atoms with van der Waals surface area (Å²) in [5, 5.41) is 6.40. The minimum Gasteiger partial charge on any atom is -0.346 e. The van der Waals surface area contributed by atoms with Gasteiger partial charge < -0.3 is 9.88 Å². The van der Waals surface area contributed by atoms with E-state index in [4.69, 9.17) is 0 Å². The first-order valence-corrected chi connectivity index (χ1v) is 9.86. The van der Waals surface area contributed by atoms with Crippen LogP contribution in [0.3, 0.4) is 0 Å². The third-order valence-corrected chi connectivity index (χ3v) is 5.46. The third-order valence-electron chi connectivity index (χ3n) is 5.46. The minimum absolute atomic E-state index is 0.00703. The molecule has 0 saturated carbocycles. The zero-order valence-corrected chi connectivity index (χ0v) is 16.5. The lowest BCUT2D eigenvalue weighted by atomic mass is 9.99. The number of fused-ring (bicyclic) bond motifs is 2. The second-order valence-corrected chi connectivity index (χ2v) is 7.65. The molecule has 0 saturated heterocycles. The molecule has 1 aliphatic rings. The highest BCUT2D eigenvalue weighted by atomic mass is 16.2. The molecule has 7 nitrogen and oxygen atoms in total.